The molecule has 0 aliphatic heterocycles. The van der Waals surface area contributed by atoms with Gasteiger partial charge in [-0.2, -0.15) is 0 Å². The molecule has 5 nitrogen and oxygen atoms in total. The Bertz CT molecular complexity index is 519. The summed E-state index contributed by atoms with van der Waals surface area (Å²) in [5.74, 6) is 1.74. The summed E-state index contributed by atoms with van der Waals surface area (Å²) in [5, 5.41) is 14.4. The fourth-order valence-electron chi connectivity index (χ4n) is 2.58. The minimum atomic E-state index is -1.31. The molecular weight excluding hydrogens is 314 g/mol. The number of hydrogen-bond acceptors (Lipinski definition) is 4. The van der Waals surface area contributed by atoms with E-state index in [0.717, 1.165) is 24.8 Å². The van der Waals surface area contributed by atoms with Crippen LogP contribution in [0.25, 0.3) is 0 Å². The third kappa shape index (κ3) is 6.49. The van der Waals surface area contributed by atoms with Crippen LogP contribution < -0.4 is 14.6 Å². The molecule has 0 heterocycles. The van der Waals surface area contributed by atoms with Gasteiger partial charge in [-0.1, -0.05) is 13.0 Å². The van der Waals surface area contributed by atoms with Gasteiger partial charge in [0.15, 0.2) is 11.5 Å². The quantitative estimate of drug-likeness (QED) is 0.683. The number of ether oxygens (including phenoxy) is 2. The lowest BCUT2D eigenvalue weighted by Crippen LogP contribution is -2.33. The second-order valence-corrected chi connectivity index (χ2v) is 8.16. The van der Waals surface area contributed by atoms with E-state index in [4.69, 9.17) is 19.7 Å². The van der Waals surface area contributed by atoms with Gasteiger partial charge in [0.05, 0.1) is 29.4 Å². The fourth-order valence-corrected chi connectivity index (χ4v) is 3.03. The Hall–Kier alpha value is -1.11. The van der Waals surface area contributed by atoms with E-state index in [1.807, 2.05) is 32.0 Å². The first-order chi connectivity index (χ1) is 10.8. The van der Waals surface area contributed by atoms with E-state index in [2.05, 4.69) is 6.92 Å². The predicted molar refractivity (Wildman–Crippen MR) is 94.1 cm³/mol. The first kappa shape index (κ1) is 19.9. The molecule has 1 rings (SSSR count). The molecule has 0 radical (unpaired) electrons. The Morgan fingerprint density at radius 2 is 2.04 bits per heavy atom. The zero-order valence-corrected chi connectivity index (χ0v) is 15.3. The first-order valence-corrected chi connectivity index (χ1v) is 9.08. The Labute approximate surface area is 141 Å². The van der Waals surface area contributed by atoms with E-state index >= 15 is 0 Å². The van der Waals surface area contributed by atoms with Crippen molar-refractivity contribution in [3.8, 4) is 11.5 Å². The lowest BCUT2D eigenvalue weighted by Gasteiger charge is -2.25. The van der Waals surface area contributed by atoms with Crippen LogP contribution in [0.3, 0.4) is 0 Å². The number of aryl methyl sites for hydroxylation is 1. The van der Waals surface area contributed by atoms with E-state index in [0.29, 0.717) is 17.4 Å². The number of aliphatic hydroxyl groups excluding tert-OH is 1. The lowest BCUT2D eigenvalue weighted by atomic mass is 9.92. The van der Waals surface area contributed by atoms with Crippen molar-refractivity contribution in [3.05, 3.63) is 23.8 Å². The topological polar surface area (TPSA) is 81.8 Å². The second kappa shape index (κ2) is 9.25. The average molecular weight is 343 g/mol. The molecule has 0 spiro atoms. The van der Waals surface area contributed by atoms with Gasteiger partial charge in [0.1, 0.15) is 6.61 Å². The maximum Gasteiger partial charge on any atom is 0.161 e. The van der Waals surface area contributed by atoms with Crippen LogP contribution >= 0.6 is 0 Å². The van der Waals surface area contributed by atoms with Gasteiger partial charge in [-0.05, 0) is 56.7 Å². The van der Waals surface area contributed by atoms with Crippen molar-refractivity contribution < 1.29 is 18.8 Å². The summed E-state index contributed by atoms with van der Waals surface area (Å²) >= 11 is 0. The fraction of sp³-hybridized carbons (Fsp3) is 0.647. The second-order valence-electron chi connectivity index (χ2n) is 6.46. The smallest absolute Gasteiger partial charge is 0.161 e. The van der Waals surface area contributed by atoms with Crippen molar-refractivity contribution in [2.45, 2.75) is 44.8 Å². The molecule has 1 aromatic carbocycles. The number of methoxy groups -OCH3 is 1. The van der Waals surface area contributed by atoms with Crippen molar-refractivity contribution in [1.29, 1.82) is 0 Å². The molecule has 0 fully saturated rings. The van der Waals surface area contributed by atoms with Crippen LogP contribution in [0.2, 0.25) is 0 Å². The summed E-state index contributed by atoms with van der Waals surface area (Å²) < 4.78 is 21.9. The molecule has 1 aromatic rings. The van der Waals surface area contributed by atoms with Crippen LogP contribution in [0, 0.1) is 5.92 Å². The minimum absolute atomic E-state index is 0.0271. The summed E-state index contributed by atoms with van der Waals surface area (Å²) in [6.45, 7) is 6.26. The van der Waals surface area contributed by atoms with Gasteiger partial charge in [0.2, 0.25) is 0 Å². The Balaban J connectivity index is 2.62. The highest BCUT2D eigenvalue weighted by Gasteiger charge is 2.25. The Morgan fingerprint density at radius 3 is 2.61 bits per heavy atom. The number of nitrogens with two attached hydrogens (primary N) is 1. The largest absolute Gasteiger partial charge is 0.493 e. The van der Waals surface area contributed by atoms with Crippen molar-refractivity contribution in [2.75, 3.05) is 20.3 Å². The summed E-state index contributed by atoms with van der Waals surface area (Å²) in [6, 6.07) is 5.84. The average Bonchev–Trinajstić information content (AvgIpc) is 2.50. The number of rotatable bonds is 10. The number of aliphatic hydroxyl groups is 1. The molecule has 0 saturated heterocycles. The molecule has 23 heavy (non-hydrogen) atoms. The van der Waals surface area contributed by atoms with E-state index in [-0.39, 0.29) is 18.0 Å². The molecule has 0 aliphatic rings. The van der Waals surface area contributed by atoms with Gasteiger partial charge in [-0.25, -0.2) is 4.21 Å². The third-order valence-corrected chi connectivity index (χ3v) is 5.14. The van der Waals surface area contributed by atoms with Gasteiger partial charge in [0.25, 0.3) is 0 Å². The molecule has 1 unspecified atom stereocenters. The lowest BCUT2D eigenvalue weighted by molar-refractivity contribution is 0.196. The van der Waals surface area contributed by atoms with Crippen LogP contribution in [-0.4, -0.2) is 34.4 Å². The number of hydrogen-bond donors (Lipinski definition) is 2. The predicted octanol–water partition coefficient (Wildman–Crippen LogP) is 2.43. The van der Waals surface area contributed by atoms with Gasteiger partial charge in [-0.3, -0.25) is 5.14 Å². The molecule has 3 N–H and O–H groups in total. The van der Waals surface area contributed by atoms with Crippen LogP contribution in [-0.2, 0) is 17.4 Å². The van der Waals surface area contributed by atoms with E-state index in [1.54, 1.807) is 7.11 Å². The number of benzene rings is 1. The molecule has 0 aromatic heterocycles. The summed E-state index contributed by atoms with van der Waals surface area (Å²) in [7, 11) is 0.291. The van der Waals surface area contributed by atoms with Crippen LogP contribution in [0.5, 0.6) is 11.5 Å². The highest BCUT2D eigenvalue weighted by atomic mass is 32.2. The van der Waals surface area contributed by atoms with Gasteiger partial charge in [0, 0.05) is 0 Å². The van der Waals surface area contributed by atoms with Crippen molar-refractivity contribution >= 4 is 11.0 Å². The minimum Gasteiger partial charge on any atom is -0.493 e. The molecule has 0 bridgehead atoms. The van der Waals surface area contributed by atoms with Crippen LogP contribution in [0.1, 0.15) is 39.2 Å². The molecule has 0 saturated carbocycles. The Kier molecular flexibility index (Phi) is 8.02. The van der Waals surface area contributed by atoms with Gasteiger partial charge < -0.3 is 14.6 Å². The SMILES string of the molecule is COc1cc(CC[C@@H](C)CC(C)(C)S(N)=O)ccc1OCCO. The van der Waals surface area contributed by atoms with Crippen LogP contribution in [0.4, 0.5) is 0 Å². The standard InChI is InChI=1S/C17H29NO4S/c1-13(12-17(2,3)23(18)20)5-6-14-7-8-15(22-10-9-19)16(11-14)21-4/h7-8,11,13,19H,5-6,9-10,12,18H2,1-4H3/t13-,23?/m1/s1. The van der Waals surface area contributed by atoms with Gasteiger partial charge >= 0.3 is 0 Å². The van der Waals surface area contributed by atoms with E-state index in [9.17, 15) is 4.21 Å². The first-order valence-electron chi connectivity index (χ1n) is 7.87. The van der Waals surface area contributed by atoms with Gasteiger partial charge in [-0.15, -0.1) is 0 Å². The maximum absolute atomic E-state index is 11.5. The van der Waals surface area contributed by atoms with E-state index in [1.165, 1.54) is 0 Å². The zero-order chi connectivity index (χ0) is 17.5. The summed E-state index contributed by atoms with van der Waals surface area (Å²) in [4.78, 5) is 0. The van der Waals surface area contributed by atoms with Crippen molar-refractivity contribution in [2.24, 2.45) is 11.1 Å². The summed E-state index contributed by atoms with van der Waals surface area (Å²) in [5.41, 5.74) is 1.16. The zero-order valence-electron chi connectivity index (χ0n) is 14.5. The molecule has 132 valence electrons. The molecule has 6 heteroatoms. The van der Waals surface area contributed by atoms with E-state index < -0.39 is 11.0 Å². The normalized spacial score (nSPS) is 14.3. The van der Waals surface area contributed by atoms with Crippen molar-refractivity contribution in [3.63, 3.8) is 0 Å². The van der Waals surface area contributed by atoms with Crippen LogP contribution in [0.15, 0.2) is 18.2 Å². The third-order valence-electron chi connectivity index (χ3n) is 3.89. The van der Waals surface area contributed by atoms with Crippen molar-refractivity contribution in [1.82, 2.24) is 0 Å². The summed E-state index contributed by atoms with van der Waals surface area (Å²) in [6.07, 6.45) is 2.72. The molecule has 0 aliphatic carbocycles. The molecule has 0 amide bonds. The monoisotopic (exact) mass is 343 g/mol. The highest BCUT2D eigenvalue weighted by Crippen LogP contribution is 2.30. The molecular formula is C17H29NO4S. The highest BCUT2D eigenvalue weighted by molar-refractivity contribution is 7.84. The Morgan fingerprint density at radius 1 is 1.35 bits per heavy atom. The maximum atomic E-state index is 11.5. The molecule has 2 atom stereocenters.